The van der Waals surface area contributed by atoms with Crippen LogP contribution in [0.3, 0.4) is 0 Å². The van der Waals surface area contributed by atoms with Crippen LogP contribution in [0.5, 0.6) is 5.75 Å². The van der Waals surface area contributed by atoms with Crippen LogP contribution in [-0.4, -0.2) is 16.2 Å². The average Bonchev–Trinajstić information content (AvgIpc) is 2.31. The Morgan fingerprint density at radius 1 is 1.22 bits per heavy atom. The number of phenols is 1. The van der Waals surface area contributed by atoms with Crippen LogP contribution in [0, 0.1) is 0 Å². The number of phenolic OH excluding ortho intramolecular Hbond substituents is 1. The summed E-state index contributed by atoms with van der Waals surface area (Å²) < 4.78 is 0. The van der Waals surface area contributed by atoms with Gasteiger partial charge in [0.15, 0.2) is 0 Å². The van der Waals surface area contributed by atoms with Crippen LogP contribution in [-0.2, 0) is 11.2 Å². The molecule has 0 spiro atoms. The molecule has 0 atom stereocenters. The first-order chi connectivity index (χ1) is 8.58. The molecule has 0 heterocycles. The van der Waals surface area contributed by atoms with Crippen molar-refractivity contribution in [2.75, 3.05) is 0 Å². The van der Waals surface area contributed by atoms with E-state index >= 15 is 0 Å². The molecular weight excluding hydrogens is 252 g/mol. The molecule has 0 radical (unpaired) electrons. The maximum atomic E-state index is 10.5. The molecule has 2 aromatic carbocycles. The first-order valence-corrected chi connectivity index (χ1v) is 6.07. The molecular formula is C14H13ClO3. The van der Waals surface area contributed by atoms with Gasteiger partial charge in [0.25, 0.3) is 0 Å². The molecule has 0 unspecified atom stereocenters. The van der Waals surface area contributed by atoms with E-state index < -0.39 is 5.97 Å². The van der Waals surface area contributed by atoms with E-state index in [1.54, 1.807) is 18.2 Å². The molecule has 2 N–H and O–H groups in total. The van der Waals surface area contributed by atoms with Gasteiger partial charge in [-0.3, -0.25) is 4.79 Å². The van der Waals surface area contributed by atoms with Gasteiger partial charge in [0.05, 0.1) is 0 Å². The fourth-order valence-corrected chi connectivity index (χ4v) is 2.21. The van der Waals surface area contributed by atoms with Gasteiger partial charge < -0.3 is 10.2 Å². The summed E-state index contributed by atoms with van der Waals surface area (Å²) in [4.78, 5) is 10.5. The first-order valence-electron chi connectivity index (χ1n) is 5.70. The summed E-state index contributed by atoms with van der Waals surface area (Å²) >= 11 is 5.92. The predicted octanol–water partition coefficient (Wildman–Crippen LogP) is 3.61. The van der Waals surface area contributed by atoms with Gasteiger partial charge in [-0.05, 0) is 41.8 Å². The van der Waals surface area contributed by atoms with Crippen LogP contribution in [0.1, 0.15) is 18.4 Å². The van der Waals surface area contributed by atoms with E-state index in [1.165, 1.54) is 0 Å². The molecule has 0 fully saturated rings. The molecule has 0 aromatic heterocycles. The quantitative estimate of drug-likeness (QED) is 0.887. The van der Waals surface area contributed by atoms with Crippen molar-refractivity contribution in [1.29, 1.82) is 0 Å². The highest BCUT2D eigenvalue weighted by Crippen LogP contribution is 2.30. The minimum Gasteiger partial charge on any atom is -0.508 e. The minimum absolute atomic E-state index is 0.101. The normalized spacial score (nSPS) is 10.7. The molecule has 94 valence electrons. The Kier molecular flexibility index (Phi) is 3.72. The molecule has 2 aromatic rings. The van der Waals surface area contributed by atoms with Crippen LogP contribution in [0.4, 0.5) is 0 Å². The summed E-state index contributed by atoms with van der Waals surface area (Å²) in [5.41, 5.74) is 0.783. The fourth-order valence-electron chi connectivity index (χ4n) is 2.03. The number of aryl methyl sites for hydroxylation is 1. The van der Waals surface area contributed by atoms with Gasteiger partial charge in [0.1, 0.15) is 5.75 Å². The smallest absolute Gasteiger partial charge is 0.303 e. The van der Waals surface area contributed by atoms with Gasteiger partial charge in [-0.1, -0.05) is 23.7 Å². The second-order valence-corrected chi connectivity index (χ2v) is 4.61. The third-order valence-corrected chi connectivity index (χ3v) is 3.12. The minimum atomic E-state index is -0.822. The van der Waals surface area contributed by atoms with E-state index in [4.69, 9.17) is 16.7 Å². The van der Waals surface area contributed by atoms with E-state index in [9.17, 15) is 9.90 Å². The van der Waals surface area contributed by atoms with Crippen molar-refractivity contribution in [3.8, 4) is 5.75 Å². The molecule has 0 aliphatic rings. The number of rotatable bonds is 4. The number of carboxylic acids is 1. The van der Waals surface area contributed by atoms with Gasteiger partial charge in [-0.2, -0.15) is 0 Å². The van der Waals surface area contributed by atoms with Crippen molar-refractivity contribution in [2.45, 2.75) is 19.3 Å². The largest absolute Gasteiger partial charge is 0.508 e. The maximum Gasteiger partial charge on any atom is 0.303 e. The Morgan fingerprint density at radius 2 is 2.00 bits per heavy atom. The Hall–Kier alpha value is -1.74. The number of aromatic hydroxyl groups is 1. The molecule has 18 heavy (non-hydrogen) atoms. The Balaban J connectivity index is 2.35. The Bertz CT molecular complexity index is 593. The lowest BCUT2D eigenvalue weighted by atomic mass is 9.99. The van der Waals surface area contributed by atoms with Gasteiger partial charge >= 0.3 is 5.97 Å². The standard InChI is InChI=1S/C14H13ClO3/c15-10-5-6-11-9(8-10)4-7-13(16)12(11)2-1-3-14(17)18/h4-8,16H,1-3H2,(H,17,18). The summed E-state index contributed by atoms with van der Waals surface area (Å²) in [6, 6.07) is 8.88. The number of carbonyl (C=O) groups is 1. The fraction of sp³-hybridized carbons (Fsp3) is 0.214. The summed E-state index contributed by atoms with van der Waals surface area (Å²) in [5.74, 6) is -0.618. The highest BCUT2D eigenvalue weighted by molar-refractivity contribution is 6.31. The van der Waals surface area contributed by atoms with Crippen LogP contribution >= 0.6 is 11.6 Å². The predicted molar refractivity (Wildman–Crippen MR) is 71.2 cm³/mol. The third-order valence-electron chi connectivity index (χ3n) is 2.89. The van der Waals surface area contributed by atoms with Crippen LogP contribution in [0.25, 0.3) is 10.8 Å². The number of aliphatic carboxylic acids is 1. The molecule has 4 heteroatoms. The van der Waals surface area contributed by atoms with E-state index in [2.05, 4.69) is 0 Å². The summed E-state index contributed by atoms with van der Waals surface area (Å²) in [5, 5.41) is 21.0. The lowest BCUT2D eigenvalue weighted by Crippen LogP contribution is -1.96. The molecule has 0 amide bonds. The van der Waals surface area contributed by atoms with E-state index in [0.717, 1.165) is 16.3 Å². The molecule has 0 aliphatic heterocycles. The third kappa shape index (κ3) is 2.74. The average molecular weight is 265 g/mol. The van der Waals surface area contributed by atoms with Gasteiger partial charge in [0.2, 0.25) is 0 Å². The summed E-state index contributed by atoms with van der Waals surface area (Å²) in [6.07, 6.45) is 1.14. The topological polar surface area (TPSA) is 57.5 Å². The molecule has 0 saturated carbocycles. The lowest BCUT2D eigenvalue weighted by Gasteiger charge is -2.09. The number of fused-ring (bicyclic) bond motifs is 1. The van der Waals surface area contributed by atoms with E-state index in [0.29, 0.717) is 17.9 Å². The summed E-state index contributed by atoms with van der Waals surface area (Å²) in [6.45, 7) is 0. The zero-order valence-electron chi connectivity index (χ0n) is 9.69. The number of benzene rings is 2. The number of carboxylic acid groups (broad SMARTS) is 1. The highest BCUT2D eigenvalue weighted by atomic mass is 35.5. The van der Waals surface area contributed by atoms with Crippen LogP contribution in [0.15, 0.2) is 30.3 Å². The first kappa shape index (κ1) is 12.7. The molecule has 2 rings (SSSR count). The summed E-state index contributed by atoms with van der Waals surface area (Å²) in [7, 11) is 0. The number of hydrogen-bond acceptors (Lipinski definition) is 2. The SMILES string of the molecule is O=C(O)CCCc1c(O)ccc2cc(Cl)ccc12. The van der Waals surface area contributed by atoms with Crippen LogP contribution in [0.2, 0.25) is 5.02 Å². The molecule has 0 saturated heterocycles. The molecule has 0 bridgehead atoms. The number of halogens is 1. The second-order valence-electron chi connectivity index (χ2n) is 4.18. The van der Waals surface area contributed by atoms with Crippen molar-refractivity contribution in [2.24, 2.45) is 0 Å². The number of hydrogen-bond donors (Lipinski definition) is 2. The zero-order chi connectivity index (χ0) is 13.1. The lowest BCUT2D eigenvalue weighted by molar-refractivity contribution is -0.137. The molecule has 0 aliphatic carbocycles. The van der Waals surface area contributed by atoms with Crippen molar-refractivity contribution >= 4 is 28.3 Å². The van der Waals surface area contributed by atoms with Crippen molar-refractivity contribution in [3.05, 3.63) is 40.9 Å². The van der Waals surface area contributed by atoms with Gasteiger partial charge in [-0.25, -0.2) is 0 Å². The van der Waals surface area contributed by atoms with E-state index in [-0.39, 0.29) is 12.2 Å². The van der Waals surface area contributed by atoms with Crippen molar-refractivity contribution < 1.29 is 15.0 Å². The Labute approximate surface area is 110 Å². The Morgan fingerprint density at radius 3 is 2.72 bits per heavy atom. The zero-order valence-corrected chi connectivity index (χ0v) is 10.4. The van der Waals surface area contributed by atoms with Gasteiger partial charge in [0, 0.05) is 17.0 Å². The van der Waals surface area contributed by atoms with E-state index in [1.807, 2.05) is 12.1 Å². The maximum absolute atomic E-state index is 10.5. The highest BCUT2D eigenvalue weighted by Gasteiger charge is 2.08. The monoisotopic (exact) mass is 264 g/mol. The van der Waals surface area contributed by atoms with Gasteiger partial charge in [-0.15, -0.1) is 0 Å². The van der Waals surface area contributed by atoms with Crippen molar-refractivity contribution in [3.63, 3.8) is 0 Å². The van der Waals surface area contributed by atoms with Crippen molar-refractivity contribution in [1.82, 2.24) is 0 Å². The molecule has 3 nitrogen and oxygen atoms in total. The van der Waals surface area contributed by atoms with Crippen LogP contribution < -0.4 is 0 Å². The second kappa shape index (κ2) is 5.27.